The van der Waals surface area contributed by atoms with Crippen molar-refractivity contribution >= 4 is 23.2 Å². The van der Waals surface area contributed by atoms with Crippen molar-refractivity contribution in [2.45, 2.75) is 51.1 Å². The van der Waals surface area contributed by atoms with E-state index in [1.54, 1.807) is 6.07 Å². The van der Waals surface area contributed by atoms with Gasteiger partial charge in [0.05, 0.1) is 16.3 Å². The second-order valence-electron chi connectivity index (χ2n) is 5.76. The molecule has 0 heterocycles. The lowest BCUT2D eigenvalue weighted by Crippen LogP contribution is -2.42. The number of rotatable bonds is 5. The summed E-state index contributed by atoms with van der Waals surface area (Å²) in [6, 6.07) is 6.24. The molecule has 21 heavy (non-hydrogen) atoms. The van der Waals surface area contributed by atoms with Crippen molar-refractivity contribution in [3.05, 3.63) is 28.8 Å². The van der Waals surface area contributed by atoms with Crippen LogP contribution in [0.5, 0.6) is 0 Å². The summed E-state index contributed by atoms with van der Waals surface area (Å²) in [4.78, 5) is 14.1. The van der Waals surface area contributed by atoms with Gasteiger partial charge in [-0.3, -0.25) is 4.79 Å². The number of hydrogen-bond donors (Lipinski definition) is 2. The van der Waals surface area contributed by atoms with Crippen LogP contribution in [0.1, 0.15) is 49.4 Å². The average molecular weight is 310 g/mol. The van der Waals surface area contributed by atoms with E-state index >= 15 is 0 Å². The molecule has 0 aliphatic heterocycles. The molecule has 0 unspecified atom stereocenters. The minimum absolute atomic E-state index is 0.305. The first-order valence-corrected chi connectivity index (χ1v) is 8.03. The summed E-state index contributed by atoms with van der Waals surface area (Å²) < 4.78 is 0. The van der Waals surface area contributed by atoms with Crippen molar-refractivity contribution in [1.82, 2.24) is 0 Å². The van der Waals surface area contributed by atoms with Crippen LogP contribution in [0.25, 0.3) is 0 Å². The standard InChI is InChI=1S/C16H24ClN3O/c1-2-10-20(12-8-6-11(18)7-9-12)14-5-3-4-13(17)15(14)16(19)21/h3-5,11-12H,2,6-10,18H2,1H3,(H2,19,21). The van der Waals surface area contributed by atoms with E-state index in [0.717, 1.165) is 44.3 Å². The summed E-state index contributed by atoms with van der Waals surface area (Å²) >= 11 is 6.18. The highest BCUT2D eigenvalue weighted by Crippen LogP contribution is 2.32. The molecule has 5 heteroatoms. The number of halogens is 1. The molecule has 4 N–H and O–H groups in total. The second kappa shape index (κ2) is 7.14. The van der Waals surface area contributed by atoms with Gasteiger partial charge in [-0.05, 0) is 44.2 Å². The van der Waals surface area contributed by atoms with E-state index < -0.39 is 5.91 Å². The fraction of sp³-hybridized carbons (Fsp3) is 0.562. The lowest BCUT2D eigenvalue weighted by atomic mass is 9.90. The molecule has 1 amide bonds. The largest absolute Gasteiger partial charge is 0.368 e. The maximum absolute atomic E-state index is 11.8. The molecular formula is C16H24ClN3O. The van der Waals surface area contributed by atoms with E-state index in [2.05, 4.69) is 11.8 Å². The van der Waals surface area contributed by atoms with Crippen molar-refractivity contribution in [2.75, 3.05) is 11.4 Å². The second-order valence-corrected chi connectivity index (χ2v) is 6.17. The van der Waals surface area contributed by atoms with Gasteiger partial charge in [0, 0.05) is 18.6 Å². The summed E-state index contributed by atoms with van der Waals surface area (Å²) in [6.07, 6.45) is 5.15. The van der Waals surface area contributed by atoms with Gasteiger partial charge in [0.2, 0.25) is 0 Å². The Balaban J connectivity index is 2.34. The predicted octanol–water partition coefficient (Wildman–Crippen LogP) is 2.93. The molecule has 4 nitrogen and oxygen atoms in total. The van der Waals surface area contributed by atoms with Crippen molar-refractivity contribution in [1.29, 1.82) is 0 Å². The number of nitrogens with two attached hydrogens (primary N) is 2. The highest BCUT2D eigenvalue weighted by Gasteiger charge is 2.27. The Labute approximate surface area is 131 Å². The van der Waals surface area contributed by atoms with Gasteiger partial charge >= 0.3 is 0 Å². The maximum atomic E-state index is 11.8. The highest BCUT2D eigenvalue weighted by molar-refractivity contribution is 6.34. The molecule has 2 rings (SSSR count). The van der Waals surface area contributed by atoms with Gasteiger partial charge in [-0.25, -0.2) is 0 Å². The zero-order valence-corrected chi connectivity index (χ0v) is 13.3. The normalized spacial score (nSPS) is 22.0. The van der Waals surface area contributed by atoms with Gasteiger partial charge in [0.15, 0.2) is 0 Å². The van der Waals surface area contributed by atoms with Gasteiger partial charge in [-0.15, -0.1) is 0 Å². The number of anilines is 1. The summed E-state index contributed by atoms with van der Waals surface area (Å²) in [6.45, 7) is 3.02. The molecule has 0 atom stereocenters. The van der Waals surface area contributed by atoms with Gasteiger partial charge in [0.1, 0.15) is 0 Å². The zero-order valence-electron chi connectivity index (χ0n) is 12.5. The number of amides is 1. The summed E-state index contributed by atoms with van der Waals surface area (Å²) in [5.41, 5.74) is 12.8. The summed E-state index contributed by atoms with van der Waals surface area (Å²) in [5, 5.41) is 0.425. The van der Waals surface area contributed by atoms with E-state index in [4.69, 9.17) is 23.1 Å². The van der Waals surface area contributed by atoms with Gasteiger partial charge in [0.25, 0.3) is 5.91 Å². The molecule has 0 spiro atoms. The third kappa shape index (κ3) is 3.69. The van der Waals surface area contributed by atoms with Crippen molar-refractivity contribution in [2.24, 2.45) is 11.5 Å². The number of hydrogen-bond acceptors (Lipinski definition) is 3. The van der Waals surface area contributed by atoms with Gasteiger partial charge in [-0.1, -0.05) is 24.6 Å². The molecule has 1 aliphatic rings. The zero-order chi connectivity index (χ0) is 15.4. The van der Waals surface area contributed by atoms with Crippen molar-refractivity contribution < 1.29 is 4.79 Å². The molecule has 1 saturated carbocycles. The Morgan fingerprint density at radius 3 is 2.57 bits per heavy atom. The summed E-state index contributed by atoms with van der Waals surface area (Å²) in [5.74, 6) is -0.468. The molecule has 0 bridgehead atoms. The third-order valence-corrected chi connectivity index (χ3v) is 4.51. The van der Waals surface area contributed by atoms with Crippen LogP contribution >= 0.6 is 11.6 Å². The van der Waals surface area contributed by atoms with Crippen LogP contribution in [0, 0.1) is 0 Å². The number of carbonyl (C=O) groups is 1. The van der Waals surface area contributed by atoms with E-state index in [-0.39, 0.29) is 0 Å². The molecule has 0 radical (unpaired) electrons. The van der Waals surface area contributed by atoms with E-state index in [9.17, 15) is 4.79 Å². The van der Waals surface area contributed by atoms with E-state index in [1.165, 1.54) is 0 Å². The third-order valence-electron chi connectivity index (χ3n) is 4.19. The average Bonchev–Trinajstić information content (AvgIpc) is 2.45. The van der Waals surface area contributed by atoms with E-state index in [1.807, 2.05) is 12.1 Å². The Morgan fingerprint density at radius 1 is 1.33 bits per heavy atom. The predicted molar refractivity (Wildman–Crippen MR) is 87.8 cm³/mol. The molecule has 116 valence electrons. The SMILES string of the molecule is CCCN(c1cccc(Cl)c1C(N)=O)C1CCC(N)CC1. The summed E-state index contributed by atoms with van der Waals surface area (Å²) in [7, 11) is 0. The lowest BCUT2D eigenvalue weighted by molar-refractivity contribution is 0.100. The van der Waals surface area contributed by atoms with Crippen molar-refractivity contribution in [3.8, 4) is 0 Å². The first-order valence-electron chi connectivity index (χ1n) is 7.65. The minimum atomic E-state index is -0.468. The molecule has 1 aromatic rings. The fourth-order valence-electron chi connectivity index (χ4n) is 3.15. The Bertz CT molecular complexity index is 498. The lowest BCUT2D eigenvalue weighted by Gasteiger charge is -2.38. The molecule has 1 aliphatic carbocycles. The van der Waals surface area contributed by atoms with Crippen LogP contribution in [0.4, 0.5) is 5.69 Å². The number of carbonyl (C=O) groups excluding carboxylic acids is 1. The van der Waals surface area contributed by atoms with Crippen LogP contribution in [-0.4, -0.2) is 24.5 Å². The van der Waals surface area contributed by atoms with Crippen molar-refractivity contribution in [3.63, 3.8) is 0 Å². The van der Waals surface area contributed by atoms with Gasteiger partial charge in [-0.2, -0.15) is 0 Å². The van der Waals surface area contributed by atoms with Crippen LogP contribution < -0.4 is 16.4 Å². The molecule has 0 saturated heterocycles. The van der Waals surface area contributed by atoms with Gasteiger partial charge < -0.3 is 16.4 Å². The first kappa shape index (κ1) is 16.1. The monoisotopic (exact) mass is 309 g/mol. The quantitative estimate of drug-likeness (QED) is 0.878. The minimum Gasteiger partial charge on any atom is -0.368 e. The van der Waals surface area contributed by atoms with Crippen LogP contribution in [-0.2, 0) is 0 Å². The molecule has 0 aromatic heterocycles. The van der Waals surface area contributed by atoms with Crippen LogP contribution in [0.3, 0.4) is 0 Å². The molecule has 1 fully saturated rings. The Morgan fingerprint density at radius 2 is 2.00 bits per heavy atom. The Hall–Kier alpha value is -1.26. The molecule has 1 aromatic carbocycles. The van der Waals surface area contributed by atoms with Crippen LogP contribution in [0.15, 0.2) is 18.2 Å². The fourth-order valence-corrected chi connectivity index (χ4v) is 3.41. The van der Waals surface area contributed by atoms with Crippen LogP contribution in [0.2, 0.25) is 5.02 Å². The maximum Gasteiger partial charge on any atom is 0.252 e. The smallest absolute Gasteiger partial charge is 0.252 e. The highest BCUT2D eigenvalue weighted by atomic mass is 35.5. The number of nitrogens with zero attached hydrogens (tertiary/aromatic N) is 1. The topological polar surface area (TPSA) is 72.3 Å². The number of benzene rings is 1. The number of primary amides is 1. The first-order chi connectivity index (χ1) is 10.0. The molecular weight excluding hydrogens is 286 g/mol. The van der Waals surface area contributed by atoms with E-state index in [0.29, 0.717) is 22.7 Å². The Kier molecular flexibility index (Phi) is 5.48.